The third-order valence-corrected chi connectivity index (χ3v) is 5.15. The van der Waals surface area contributed by atoms with Crippen LogP contribution in [0.4, 0.5) is 11.4 Å². The maximum Gasteiger partial charge on any atom is 0.273 e. The molecule has 1 heterocycles. The Hall–Kier alpha value is -3.45. The quantitative estimate of drug-likeness (QED) is 0.347. The molecule has 7 heteroatoms. The normalized spacial score (nSPS) is 11.1. The Morgan fingerprint density at radius 3 is 2.54 bits per heavy atom. The number of para-hydroxylation sites is 1. The van der Waals surface area contributed by atoms with Gasteiger partial charge in [0, 0.05) is 11.4 Å². The number of nitrogens with two attached hydrogens (primary N) is 1. The molecule has 0 saturated heterocycles. The summed E-state index contributed by atoms with van der Waals surface area (Å²) in [5.74, 6) is -0.526. The van der Waals surface area contributed by atoms with Gasteiger partial charge in [0.25, 0.3) is 11.8 Å². The number of hydrogen-bond donors (Lipinski definition) is 3. The summed E-state index contributed by atoms with van der Waals surface area (Å²) in [5, 5.41) is 8.93. The summed E-state index contributed by atoms with van der Waals surface area (Å²) in [4.78, 5) is 25.3. The zero-order valence-electron chi connectivity index (χ0n) is 15.5. The predicted octanol–water partition coefficient (Wildman–Crippen LogP) is 4.05. The van der Waals surface area contributed by atoms with Crippen molar-refractivity contribution < 1.29 is 9.59 Å². The second-order valence-electron chi connectivity index (χ2n) is 6.19. The van der Waals surface area contributed by atoms with E-state index in [0.717, 1.165) is 11.1 Å². The summed E-state index contributed by atoms with van der Waals surface area (Å²) in [6, 6.07) is 16.0. The van der Waals surface area contributed by atoms with Gasteiger partial charge in [-0.1, -0.05) is 24.3 Å². The lowest BCUT2D eigenvalue weighted by atomic mass is 10.1. The Labute approximate surface area is 167 Å². The minimum atomic E-state index is -0.380. The van der Waals surface area contributed by atoms with Gasteiger partial charge in [0.05, 0.1) is 16.2 Å². The molecule has 0 aliphatic heterocycles. The van der Waals surface area contributed by atoms with Crippen molar-refractivity contribution in [2.24, 2.45) is 5.10 Å². The van der Waals surface area contributed by atoms with Gasteiger partial charge in [0.15, 0.2) is 0 Å². The number of amides is 2. The Morgan fingerprint density at radius 1 is 1.04 bits per heavy atom. The summed E-state index contributed by atoms with van der Waals surface area (Å²) in [7, 11) is 0. The van der Waals surface area contributed by atoms with Gasteiger partial charge < -0.3 is 11.1 Å². The summed E-state index contributed by atoms with van der Waals surface area (Å²) < 4.78 is 0. The second kappa shape index (κ2) is 8.49. The molecular weight excluding hydrogens is 372 g/mol. The lowest BCUT2D eigenvalue weighted by Gasteiger charge is -2.08. The zero-order valence-corrected chi connectivity index (χ0v) is 16.3. The highest BCUT2D eigenvalue weighted by molar-refractivity contribution is 7.12. The first-order valence-electron chi connectivity index (χ1n) is 8.60. The van der Waals surface area contributed by atoms with Crippen LogP contribution in [0.2, 0.25) is 0 Å². The van der Waals surface area contributed by atoms with Crippen molar-refractivity contribution in [3.63, 3.8) is 0 Å². The number of carbonyl (C=O) groups is 2. The largest absolute Gasteiger partial charge is 0.398 e. The van der Waals surface area contributed by atoms with E-state index < -0.39 is 0 Å². The van der Waals surface area contributed by atoms with Crippen LogP contribution >= 0.6 is 11.3 Å². The molecular formula is C21H20N4O2S. The van der Waals surface area contributed by atoms with Crippen LogP contribution in [0.5, 0.6) is 0 Å². The lowest BCUT2D eigenvalue weighted by Crippen LogP contribution is -2.20. The topological polar surface area (TPSA) is 96.6 Å². The number of hydrogen-bond acceptors (Lipinski definition) is 5. The molecule has 4 N–H and O–H groups in total. The first kappa shape index (κ1) is 19.3. The lowest BCUT2D eigenvalue weighted by molar-refractivity contribution is 0.0955. The molecule has 0 atom stereocenters. The monoisotopic (exact) mass is 392 g/mol. The van der Waals surface area contributed by atoms with E-state index in [-0.39, 0.29) is 11.8 Å². The van der Waals surface area contributed by atoms with Gasteiger partial charge in [-0.25, -0.2) is 5.43 Å². The Kier molecular flexibility index (Phi) is 5.86. The number of thiophene rings is 1. The van der Waals surface area contributed by atoms with Crippen LogP contribution in [0.15, 0.2) is 65.1 Å². The fraction of sp³-hybridized carbons (Fsp3) is 0.0952. The average Bonchev–Trinajstić information content (AvgIpc) is 3.12. The van der Waals surface area contributed by atoms with Gasteiger partial charge in [-0.05, 0) is 60.7 Å². The Bertz CT molecular complexity index is 1060. The van der Waals surface area contributed by atoms with Gasteiger partial charge in [0.2, 0.25) is 0 Å². The molecule has 6 nitrogen and oxygen atoms in total. The molecule has 0 fully saturated rings. The molecule has 1 aromatic heterocycles. The van der Waals surface area contributed by atoms with Gasteiger partial charge in [-0.15, -0.1) is 11.3 Å². The van der Waals surface area contributed by atoms with E-state index in [0.29, 0.717) is 27.5 Å². The molecule has 2 aromatic carbocycles. The summed E-state index contributed by atoms with van der Waals surface area (Å²) in [6.45, 7) is 3.68. The second-order valence-corrected chi connectivity index (χ2v) is 7.11. The number of anilines is 2. The van der Waals surface area contributed by atoms with Gasteiger partial charge in [0.1, 0.15) is 0 Å². The number of nitrogen functional groups attached to an aromatic ring is 1. The van der Waals surface area contributed by atoms with Crippen LogP contribution in [-0.2, 0) is 0 Å². The van der Waals surface area contributed by atoms with Crippen LogP contribution in [0, 0.1) is 6.92 Å². The molecule has 0 unspecified atom stereocenters. The van der Waals surface area contributed by atoms with E-state index in [1.165, 1.54) is 11.3 Å². The first-order valence-corrected chi connectivity index (χ1v) is 9.48. The highest BCUT2D eigenvalue weighted by atomic mass is 32.1. The molecule has 3 rings (SSSR count). The number of nitrogens with zero attached hydrogens (tertiary/aromatic N) is 1. The maximum absolute atomic E-state index is 12.4. The van der Waals surface area contributed by atoms with Crippen LogP contribution in [0.25, 0.3) is 0 Å². The van der Waals surface area contributed by atoms with Gasteiger partial charge in [-0.3, -0.25) is 9.59 Å². The van der Waals surface area contributed by atoms with E-state index in [1.54, 1.807) is 37.3 Å². The van der Waals surface area contributed by atoms with Crippen molar-refractivity contribution in [2.45, 2.75) is 13.8 Å². The van der Waals surface area contributed by atoms with Gasteiger partial charge >= 0.3 is 0 Å². The minimum Gasteiger partial charge on any atom is -0.398 e. The van der Waals surface area contributed by atoms with E-state index in [4.69, 9.17) is 5.73 Å². The van der Waals surface area contributed by atoms with E-state index in [2.05, 4.69) is 15.8 Å². The van der Waals surface area contributed by atoms with Crippen molar-refractivity contribution in [3.05, 3.63) is 81.5 Å². The fourth-order valence-electron chi connectivity index (χ4n) is 2.58. The number of hydrazone groups is 1. The number of benzene rings is 2. The molecule has 2 amide bonds. The van der Waals surface area contributed by atoms with Gasteiger partial charge in [-0.2, -0.15) is 5.10 Å². The standard InChI is InChI=1S/C21H20N4O2S/c1-13-10-11-28-19(13)21(27)23-16-7-5-6-15(12-16)14(2)24-25-20(26)17-8-3-4-9-18(17)22/h3-12H,22H2,1-2H3,(H,23,27)(H,25,26)/b24-14+. The van der Waals surface area contributed by atoms with E-state index in [9.17, 15) is 9.59 Å². The van der Waals surface area contributed by atoms with Crippen molar-refractivity contribution >= 4 is 40.2 Å². The van der Waals surface area contributed by atoms with Crippen molar-refractivity contribution in [1.82, 2.24) is 5.43 Å². The summed E-state index contributed by atoms with van der Waals surface area (Å²) >= 11 is 1.40. The smallest absolute Gasteiger partial charge is 0.273 e. The van der Waals surface area contributed by atoms with Crippen LogP contribution < -0.4 is 16.5 Å². The zero-order chi connectivity index (χ0) is 20.1. The molecule has 0 radical (unpaired) electrons. The Morgan fingerprint density at radius 2 is 1.82 bits per heavy atom. The number of aryl methyl sites for hydroxylation is 1. The van der Waals surface area contributed by atoms with Crippen LogP contribution in [0.1, 0.15) is 38.1 Å². The molecule has 142 valence electrons. The molecule has 0 spiro atoms. The SMILES string of the molecule is C/C(=N\NC(=O)c1ccccc1N)c1cccc(NC(=O)c2sccc2C)c1. The predicted molar refractivity (Wildman–Crippen MR) is 114 cm³/mol. The molecule has 28 heavy (non-hydrogen) atoms. The maximum atomic E-state index is 12.4. The molecule has 0 aliphatic carbocycles. The van der Waals surface area contributed by atoms with Crippen LogP contribution in [-0.4, -0.2) is 17.5 Å². The van der Waals surface area contributed by atoms with Crippen molar-refractivity contribution in [3.8, 4) is 0 Å². The minimum absolute atomic E-state index is 0.146. The van der Waals surface area contributed by atoms with E-state index >= 15 is 0 Å². The molecule has 3 aromatic rings. The van der Waals surface area contributed by atoms with E-state index in [1.807, 2.05) is 36.6 Å². The molecule has 0 aliphatic rings. The number of rotatable bonds is 5. The third kappa shape index (κ3) is 4.44. The average molecular weight is 392 g/mol. The number of nitrogens with one attached hydrogen (secondary N) is 2. The first-order chi connectivity index (χ1) is 13.5. The Balaban J connectivity index is 1.71. The third-order valence-electron chi connectivity index (χ3n) is 4.14. The molecule has 0 saturated carbocycles. The van der Waals surface area contributed by atoms with Crippen molar-refractivity contribution in [2.75, 3.05) is 11.1 Å². The fourth-order valence-corrected chi connectivity index (χ4v) is 3.40. The summed E-state index contributed by atoms with van der Waals surface area (Å²) in [5.41, 5.74) is 12.1. The number of carbonyl (C=O) groups excluding carboxylic acids is 2. The highest BCUT2D eigenvalue weighted by Crippen LogP contribution is 2.19. The molecule has 0 bridgehead atoms. The van der Waals surface area contributed by atoms with Crippen LogP contribution in [0.3, 0.4) is 0 Å². The summed E-state index contributed by atoms with van der Waals surface area (Å²) in [6.07, 6.45) is 0. The van der Waals surface area contributed by atoms with Crippen molar-refractivity contribution in [1.29, 1.82) is 0 Å². The highest BCUT2D eigenvalue weighted by Gasteiger charge is 2.11.